The number of amides is 1. The molecule has 0 bridgehead atoms. The number of unbranched alkanes of at least 4 members (excludes halogenated alkanes) is 26. The van der Waals surface area contributed by atoms with Crippen LogP contribution >= 0.6 is 0 Å². The smallest absolute Gasteiger partial charge is 0.266 e. The molecule has 0 aliphatic heterocycles. The highest BCUT2D eigenvalue weighted by atomic mass is 32.2. The Kier molecular flexibility index (Phi) is 30.8. The largest absolute Gasteiger partial charge is 0.391 e. The molecule has 2 atom stereocenters. The maximum atomic E-state index is 12.5. The van der Waals surface area contributed by atoms with Crippen molar-refractivity contribution in [1.82, 2.24) is 5.32 Å². The molecule has 3 N–H and O–H groups in total. The third-order valence-corrected chi connectivity index (χ3v) is 9.59. The minimum Gasteiger partial charge on any atom is -0.391 e. The highest BCUT2D eigenvalue weighted by Gasteiger charge is 2.26. The maximum Gasteiger partial charge on any atom is 0.266 e. The van der Waals surface area contributed by atoms with Gasteiger partial charge in [-0.25, -0.2) is 0 Å². The third-order valence-electron chi connectivity index (χ3n) is 8.81. The Hall–Kier alpha value is -0.660. The normalized spacial score (nSPS) is 13.3. The van der Waals surface area contributed by atoms with E-state index in [9.17, 15) is 22.9 Å². The Balaban J connectivity index is 3.78. The van der Waals surface area contributed by atoms with E-state index in [1.165, 1.54) is 141 Å². The zero-order valence-electron chi connectivity index (χ0n) is 28.6. The first-order valence-corrected chi connectivity index (χ1v) is 20.3. The summed E-state index contributed by atoms with van der Waals surface area (Å²) in [5.74, 6) is -0.886. The van der Waals surface area contributed by atoms with E-state index in [1.807, 2.05) is 0 Å². The lowest BCUT2D eigenvalue weighted by molar-refractivity contribution is -0.122. The second kappa shape index (κ2) is 31.3. The van der Waals surface area contributed by atoms with Gasteiger partial charge in [-0.3, -0.25) is 9.35 Å². The number of hydrogen-bond acceptors (Lipinski definition) is 4. The molecule has 0 fully saturated rings. The number of rotatable bonds is 34. The van der Waals surface area contributed by atoms with Crippen molar-refractivity contribution < 1.29 is 22.9 Å². The van der Waals surface area contributed by atoms with Crippen molar-refractivity contribution in [3.05, 3.63) is 0 Å². The molecule has 43 heavy (non-hydrogen) atoms. The number of aliphatic hydroxyl groups excluding tert-OH is 1. The molecule has 258 valence electrons. The van der Waals surface area contributed by atoms with Crippen molar-refractivity contribution in [3.63, 3.8) is 0 Å². The van der Waals surface area contributed by atoms with Crippen LogP contribution in [0.3, 0.4) is 0 Å². The lowest BCUT2D eigenvalue weighted by Crippen LogP contribution is -2.47. The summed E-state index contributed by atoms with van der Waals surface area (Å²) in [5, 5.41) is 13.2. The number of carbonyl (C=O) groups is 1. The van der Waals surface area contributed by atoms with E-state index in [0.29, 0.717) is 12.8 Å². The summed E-state index contributed by atoms with van der Waals surface area (Å²) in [6.45, 7) is 4.49. The van der Waals surface area contributed by atoms with E-state index in [1.54, 1.807) is 0 Å². The predicted molar refractivity (Wildman–Crippen MR) is 184 cm³/mol. The fourth-order valence-electron chi connectivity index (χ4n) is 5.98. The Bertz CT molecular complexity index is 700. The van der Waals surface area contributed by atoms with Gasteiger partial charge in [0.05, 0.1) is 17.9 Å². The Morgan fingerprint density at radius 2 is 0.837 bits per heavy atom. The average molecular weight is 632 g/mol. The molecule has 0 radical (unpaired) electrons. The Morgan fingerprint density at radius 1 is 0.535 bits per heavy atom. The molecule has 6 nitrogen and oxygen atoms in total. The van der Waals surface area contributed by atoms with Gasteiger partial charge in [0, 0.05) is 6.42 Å². The van der Waals surface area contributed by atoms with Crippen molar-refractivity contribution in [2.75, 3.05) is 5.75 Å². The quantitative estimate of drug-likeness (QED) is 0.0484. The summed E-state index contributed by atoms with van der Waals surface area (Å²) < 4.78 is 32.3. The van der Waals surface area contributed by atoms with E-state index in [-0.39, 0.29) is 5.91 Å². The van der Waals surface area contributed by atoms with Crippen molar-refractivity contribution in [2.24, 2.45) is 0 Å². The van der Waals surface area contributed by atoms with Gasteiger partial charge >= 0.3 is 0 Å². The van der Waals surface area contributed by atoms with Crippen molar-refractivity contribution in [1.29, 1.82) is 0 Å². The number of nitrogens with one attached hydrogen (secondary N) is 1. The molecule has 1 amide bonds. The minimum atomic E-state index is -4.29. The predicted octanol–water partition coefficient (Wildman–Crippen LogP) is 10.5. The molecule has 0 spiro atoms. The zero-order valence-corrected chi connectivity index (χ0v) is 29.4. The molecule has 0 aromatic heterocycles. The molecule has 0 rings (SSSR count). The van der Waals surface area contributed by atoms with E-state index in [2.05, 4.69) is 19.2 Å². The molecule has 0 saturated carbocycles. The summed E-state index contributed by atoms with van der Waals surface area (Å²) in [7, 11) is -4.29. The fraction of sp³-hybridized carbons (Fsp3) is 0.972. The standard InChI is InChI=1S/C36H73NO5S/c1-3-5-7-9-11-13-14-15-16-17-18-19-20-21-22-24-26-28-30-32-36(39)37-34(33-43(40,41)42)35(38)31-29-27-25-23-12-10-8-6-4-2/h34-35,38H,3-33H2,1-2H3,(H,37,39)(H,40,41,42). The van der Waals surface area contributed by atoms with Crippen LogP contribution in [0.15, 0.2) is 0 Å². The Morgan fingerprint density at radius 3 is 1.16 bits per heavy atom. The Labute approximate surface area is 268 Å². The van der Waals surface area contributed by atoms with E-state index in [0.717, 1.165) is 38.5 Å². The van der Waals surface area contributed by atoms with Crippen LogP contribution in [0.1, 0.15) is 206 Å². The SMILES string of the molecule is CCCCCCCCCCCCCCCCCCCCCC(=O)NC(CS(=O)(=O)O)C(O)CCCCCCCCCCC. The van der Waals surface area contributed by atoms with Gasteiger partial charge < -0.3 is 10.4 Å². The first-order valence-electron chi connectivity index (χ1n) is 18.7. The molecular formula is C36H73NO5S. The molecule has 0 saturated heterocycles. The van der Waals surface area contributed by atoms with Gasteiger partial charge in [0.25, 0.3) is 10.1 Å². The highest BCUT2D eigenvalue weighted by Crippen LogP contribution is 2.16. The van der Waals surface area contributed by atoms with Crippen LogP contribution in [0, 0.1) is 0 Å². The van der Waals surface area contributed by atoms with Gasteiger partial charge in [-0.15, -0.1) is 0 Å². The van der Waals surface area contributed by atoms with Crippen LogP contribution in [-0.4, -0.2) is 41.9 Å². The summed E-state index contributed by atoms with van der Waals surface area (Å²) in [4.78, 5) is 12.5. The second-order valence-electron chi connectivity index (χ2n) is 13.2. The van der Waals surface area contributed by atoms with E-state index < -0.39 is 28.0 Å². The number of carbonyl (C=O) groups excluding carboxylic acids is 1. The summed E-state index contributed by atoms with van der Waals surface area (Å²) >= 11 is 0. The summed E-state index contributed by atoms with van der Waals surface area (Å²) in [6, 6.07) is -0.961. The van der Waals surface area contributed by atoms with Gasteiger partial charge in [0.15, 0.2) is 0 Å². The molecule has 0 heterocycles. The van der Waals surface area contributed by atoms with Crippen LogP contribution < -0.4 is 5.32 Å². The molecule has 0 aromatic carbocycles. The topological polar surface area (TPSA) is 104 Å². The monoisotopic (exact) mass is 632 g/mol. The highest BCUT2D eigenvalue weighted by molar-refractivity contribution is 7.85. The van der Waals surface area contributed by atoms with Crippen LogP contribution in [-0.2, 0) is 14.9 Å². The summed E-state index contributed by atoms with van der Waals surface area (Å²) in [6.07, 6.45) is 34.9. The molecule has 2 unspecified atom stereocenters. The molecule has 0 aliphatic carbocycles. The minimum absolute atomic E-state index is 0.244. The zero-order chi connectivity index (χ0) is 31.9. The van der Waals surface area contributed by atoms with Gasteiger partial charge in [-0.2, -0.15) is 8.42 Å². The van der Waals surface area contributed by atoms with Crippen LogP contribution in [0.25, 0.3) is 0 Å². The first kappa shape index (κ1) is 42.3. The first-order chi connectivity index (χ1) is 20.8. The van der Waals surface area contributed by atoms with Crippen molar-refractivity contribution in [2.45, 2.75) is 219 Å². The second-order valence-corrected chi connectivity index (χ2v) is 14.7. The fourth-order valence-corrected chi connectivity index (χ4v) is 6.74. The van der Waals surface area contributed by atoms with Gasteiger partial charge in [-0.1, -0.05) is 187 Å². The summed E-state index contributed by atoms with van der Waals surface area (Å²) in [5.41, 5.74) is 0. The van der Waals surface area contributed by atoms with Gasteiger partial charge in [0.2, 0.25) is 5.91 Å². The van der Waals surface area contributed by atoms with Crippen LogP contribution in [0.4, 0.5) is 0 Å². The molecule has 0 aliphatic rings. The maximum absolute atomic E-state index is 12.5. The van der Waals surface area contributed by atoms with Gasteiger partial charge in [0.1, 0.15) is 0 Å². The van der Waals surface area contributed by atoms with Crippen molar-refractivity contribution >= 4 is 16.0 Å². The molecule has 0 aromatic rings. The lowest BCUT2D eigenvalue weighted by atomic mass is 10.0. The lowest BCUT2D eigenvalue weighted by Gasteiger charge is -2.23. The third kappa shape index (κ3) is 32.5. The van der Waals surface area contributed by atoms with E-state index in [4.69, 9.17) is 0 Å². The van der Waals surface area contributed by atoms with Crippen LogP contribution in [0.2, 0.25) is 0 Å². The van der Waals surface area contributed by atoms with Crippen molar-refractivity contribution in [3.8, 4) is 0 Å². The number of aliphatic hydroxyl groups is 1. The molecule has 7 heteroatoms. The van der Waals surface area contributed by atoms with Crippen LogP contribution in [0.5, 0.6) is 0 Å². The average Bonchev–Trinajstić information content (AvgIpc) is 2.96. The van der Waals surface area contributed by atoms with E-state index >= 15 is 0 Å². The molecular weight excluding hydrogens is 558 g/mol. The number of hydrogen-bond donors (Lipinski definition) is 3. The van der Waals surface area contributed by atoms with Gasteiger partial charge in [-0.05, 0) is 12.8 Å².